The highest BCUT2D eigenvalue weighted by Crippen LogP contribution is 2.23. The number of ketones is 1. The van der Waals surface area contributed by atoms with Crippen LogP contribution < -0.4 is 0 Å². The van der Waals surface area contributed by atoms with E-state index >= 15 is 0 Å². The average molecular weight is 357 g/mol. The molecule has 0 fully saturated rings. The van der Waals surface area contributed by atoms with Crippen LogP contribution in [-0.2, 0) is 6.42 Å². The van der Waals surface area contributed by atoms with Crippen LogP contribution in [0.1, 0.15) is 39.9 Å². The molecule has 0 aliphatic carbocycles. The summed E-state index contributed by atoms with van der Waals surface area (Å²) >= 11 is 5.71. The van der Waals surface area contributed by atoms with Crippen LogP contribution in [0.3, 0.4) is 0 Å². The molecular weight excluding hydrogens is 340 g/mol. The Hall–Kier alpha value is -2.66. The number of rotatable bonds is 7. The van der Waals surface area contributed by atoms with E-state index in [4.69, 9.17) is 20.4 Å². The van der Waals surface area contributed by atoms with E-state index in [2.05, 4.69) is 10.2 Å². The van der Waals surface area contributed by atoms with Crippen LogP contribution >= 0.6 is 11.6 Å². The number of hydrogen-bond donors (Lipinski definition) is 0. The molecule has 0 radical (unpaired) electrons. The van der Waals surface area contributed by atoms with Crippen molar-refractivity contribution < 1.29 is 13.6 Å². The minimum atomic E-state index is -0.0325. The Morgan fingerprint density at radius 3 is 2.68 bits per heavy atom. The molecular formula is C19H17ClN2O3. The maximum atomic E-state index is 12.6. The van der Waals surface area contributed by atoms with E-state index < -0.39 is 0 Å². The van der Waals surface area contributed by atoms with Crippen LogP contribution in [0.2, 0.25) is 0 Å². The van der Waals surface area contributed by atoms with Crippen LogP contribution in [0.4, 0.5) is 0 Å². The topological polar surface area (TPSA) is 69.1 Å². The van der Waals surface area contributed by atoms with Crippen molar-refractivity contribution in [2.75, 3.05) is 5.88 Å². The second-order valence-electron chi connectivity index (χ2n) is 5.59. The zero-order chi connectivity index (χ0) is 17.6. The lowest BCUT2D eigenvalue weighted by Crippen LogP contribution is -2.01. The fourth-order valence-corrected chi connectivity index (χ4v) is 2.47. The largest absolute Gasteiger partial charge is 0.465 e. The van der Waals surface area contributed by atoms with Gasteiger partial charge in [-0.15, -0.1) is 21.8 Å². The van der Waals surface area contributed by atoms with E-state index in [0.717, 1.165) is 5.56 Å². The Balaban J connectivity index is 1.88. The highest BCUT2D eigenvalue weighted by molar-refractivity contribution is 6.17. The molecule has 25 heavy (non-hydrogen) atoms. The van der Waals surface area contributed by atoms with Gasteiger partial charge in [0.25, 0.3) is 0 Å². The molecule has 1 aromatic carbocycles. The van der Waals surface area contributed by atoms with Gasteiger partial charge >= 0.3 is 0 Å². The third-order valence-corrected chi connectivity index (χ3v) is 3.82. The van der Waals surface area contributed by atoms with Crippen molar-refractivity contribution in [2.45, 2.75) is 19.8 Å². The molecule has 3 rings (SSSR count). The molecule has 0 bridgehead atoms. The van der Waals surface area contributed by atoms with E-state index in [-0.39, 0.29) is 12.2 Å². The molecule has 6 heteroatoms. The summed E-state index contributed by atoms with van der Waals surface area (Å²) in [6, 6.07) is 11.0. The molecule has 0 atom stereocenters. The molecule has 0 saturated carbocycles. The SMILES string of the molecule is Cc1ccc(C(=O)C/C(=C\c2ccco2)c2nnc(CCCl)o2)cc1. The van der Waals surface area contributed by atoms with Crippen molar-refractivity contribution in [3.63, 3.8) is 0 Å². The quantitative estimate of drug-likeness (QED) is 0.458. The summed E-state index contributed by atoms with van der Waals surface area (Å²) in [5, 5.41) is 8.00. The summed E-state index contributed by atoms with van der Waals surface area (Å²) in [5.41, 5.74) is 2.34. The second kappa shape index (κ2) is 7.94. The summed E-state index contributed by atoms with van der Waals surface area (Å²) in [6.07, 6.45) is 3.92. The first-order valence-electron chi connectivity index (χ1n) is 7.88. The Morgan fingerprint density at radius 1 is 1.20 bits per heavy atom. The lowest BCUT2D eigenvalue weighted by atomic mass is 10.0. The number of nitrogens with zero attached hydrogens (tertiary/aromatic N) is 2. The van der Waals surface area contributed by atoms with Crippen LogP contribution in [-0.4, -0.2) is 21.9 Å². The zero-order valence-electron chi connectivity index (χ0n) is 13.7. The van der Waals surface area contributed by atoms with Gasteiger partial charge in [0.05, 0.1) is 6.26 Å². The van der Waals surface area contributed by atoms with Crippen molar-refractivity contribution in [1.29, 1.82) is 0 Å². The number of furan rings is 1. The molecule has 0 aliphatic heterocycles. The van der Waals surface area contributed by atoms with Crippen molar-refractivity contribution in [3.8, 4) is 0 Å². The van der Waals surface area contributed by atoms with Crippen LogP contribution in [0.25, 0.3) is 11.6 Å². The van der Waals surface area contributed by atoms with Gasteiger partial charge in [0.15, 0.2) is 5.78 Å². The summed E-state index contributed by atoms with van der Waals surface area (Å²) in [6.45, 7) is 1.98. The number of aryl methyl sites for hydroxylation is 2. The normalized spacial score (nSPS) is 11.7. The number of halogens is 1. The van der Waals surface area contributed by atoms with Gasteiger partial charge in [-0.25, -0.2) is 0 Å². The number of Topliss-reactive ketones (excluding diaryl/α,β-unsaturated/α-hetero) is 1. The third kappa shape index (κ3) is 4.45. The number of carbonyl (C=O) groups excluding carboxylic acids is 1. The predicted octanol–water partition coefficient (Wildman–Crippen LogP) is 4.57. The van der Waals surface area contributed by atoms with Crippen LogP contribution in [0.15, 0.2) is 51.5 Å². The van der Waals surface area contributed by atoms with E-state index in [0.29, 0.717) is 41.0 Å². The molecule has 0 N–H and O–H groups in total. The van der Waals surface area contributed by atoms with Crippen molar-refractivity contribution >= 4 is 29.0 Å². The minimum absolute atomic E-state index is 0.0325. The molecule has 128 valence electrons. The summed E-state index contributed by atoms with van der Waals surface area (Å²) in [5.74, 6) is 1.72. The highest BCUT2D eigenvalue weighted by Gasteiger charge is 2.17. The molecule has 0 saturated heterocycles. The molecule has 5 nitrogen and oxygen atoms in total. The van der Waals surface area contributed by atoms with Crippen molar-refractivity contribution in [3.05, 3.63) is 71.3 Å². The van der Waals surface area contributed by atoms with E-state index in [1.165, 1.54) is 0 Å². The van der Waals surface area contributed by atoms with Crippen molar-refractivity contribution in [2.24, 2.45) is 0 Å². The number of alkyl halides is 1. The van der Waals surface area contributed by atoms with E-state index in [1.54, 1.807) is 24.5 Å². The summed E-state index contributed by atoms with van der Waals surface area (Å²) in [4.78, 5) is 12.6. The molecule has 2 aromatic heterocycles. The number of benzene rings is 1. The van der Waals surface area contributed by atoms with Gasteiger partial charge < -0.3 is 8.83 Å². The Labute approximate surface area is 150 Å². The Morgan fingerprint density at radius 2 is 2.00 bits per heavy atom. The maximum absolute atomic E-state index is 12.6. The van der Waals surface area contributed by atoms with Crippen LogP contribution in [0, 0.1) is 6.92 Å². The van der Waals surface area contributed by atoms with E-state index in [9.17, 15) is 4.79 Å². The first kappa shape index (κ1) is 17.2. The molecule has 2 heterocycles. The molecule has 0 aliphatic rings. The molecule has 3 aromatic rings. The van der Waals surface area contributed by atoms with Gasteiger partial charge in [-0.3, -0.25) is 4.79 Å². The molecule has 0 amide bonds. The van der Waals surface area contributed by atoms with E-state index in [1.807, 2.05) is 31.2 Å². The molecule has 0 unspecified atom stereocenters. The monoisotopic (exact) mass is 356 g/mol. The average Bonchev–Trinajstić information content (AvgIpc) is 3.27. The Kier molecular flexibility index (Phi) is 5.46. The minimum Gasteiger partial charge on any atom is -0.465 e. The second-order valence-corrected chi connectivity index (χ2v) is 5.97. The zero-order valence-corrected chi connectivity index (χ0v) is 14.5. The lowest BCUT2D eigenvalue weighted by Gasteiger charge is -2.04. The fourth-order valence-electron chi connectivity index (χ4n) is 2.31. The number of hydrogen-bond acceptors (Lipinski definition) is 5. The van der Waals surface area contributed by atoms with Gasteiger partial charge in [-0.2, -0.15) is 0 Å². The number of allylic oxidation sites excluding steroid dienone is 1. The highest BCUT2D eigenvalue weighted by atomic mass is 35.5. The summed E-state index contributed by atoms with van der Waals surface area (Å²) < 4.78 is 11.0. The number of carbonyl (C=O) groups is 1. The number of aromatic nitrogens is 2. The van der Waals surface area contributed by atoms with Gasteiger partial charge in [0.2, 0.25) is 11.8 Å². The van der Waals surface area contributed by atoms with Gasteiger partial charge in [-0.1, -0.05) is 29.8 Å². The van der Waals surface area contributed by atoms with Gasteiger partial charge in [0, 0.05) is 29.9 Å². The molecule has 0 spiro atoms. The predicted molar refractivity (Wildman–Crippen MR) is 95.4 cm³/mol. The first-order valence-corrected chi connectivity index (χ1v) is 8.42. The fraction of sp³-hybridized carbons (Fsp3) is 0.211. The lowest BCUT2D eigenvalue weighted by molar-refractivity contribution is 0.0998. The standard InChI is InChI=1S/C19H17ClN2O3/c1-13-4-6-14(7-5-13)17(23)12-15(11-16-3-2-10-24-16)19-22-21-18(25-19)8-9-20/h2-7,10-11H,8-9,12H2,1H3/b15-11+. The van der Waals surface area contributed by atoms with Crippen LogP contribution in [0.5, 0.6) is 0 Å². The maximum Gasteiger partial charge on any atom is 0.244 e. The van der Waals surface area contributed by atoms with Gasteiger partial charge in [0.1, 0.15) is 5.76 Å². The smallest absolute Gasteiger partial charge is 0.244 e. The first-order chi connectivity index (χ1) is 12.2. The van der Waals surface area contributed by atoms with Gasteiger partial charge in [-0.05, 0) is 25.1 Å². The Bertz CT molecular complexity index is 864. The third-order valence-electron chi connectivity index (χ3n) is 3.63. The summed E-state index contributed by atoms with van der Waals surface area (Å²) in [7, 11) is 0. The van der Waals surface area contributed by atoms with Crippen molar-refractivity contribution in [1.82, 2.24) is 10.2 Å².